The predicted octanol–water partition coefficient (Wildman–Crippen LogP) is 2.04. The normalized spacial score (nSPS) is 26.1. The van der Waals surface area contributed by atoms with Gasteiger partial charge in [-0.1, -0.05) is 42.5 Å². The molecule has 16 heavy (non-hydrogen) atoms. The molecule has 86 valence electrons. The third-order valence-corrected chi connectivity index (χ3v) is 2.50. The summed E-state index contributed by atoms with van der Waals surface area (Å²) in [5.74, 6) is 0. The van der Waals surface area contributed by atoms with Crippen molar-refractivity contribution in [3.8, 4) is 0 Å². The van der Waals surface area contributed by atoms with E-state index >= 15 is 0 Å². The average molecular weight is 220 g/mol. The summed E-state index contributed by atoms with van der Waals surface area (Å²) >= 11 is 0. The first-order valence-corrected chi connectivity index (χ1v) is 5.49. The van der Waals surface area contributed by atoms with Gasteiger partial charge in [-0.05, 0) is 0 Å². The lowest BCUT2D eigenvalue weighted by Crippen LogP contribution is -2.25. The fourth-order valence-electron chi connectivity index (χ4n) is 1.70. The van der Waals surface area contributed by atoms with Crippen LogP contribution in [-0.2, 0) is 9.47 Å². The molecule has 0 radical (unpaired) electrons. The van der Waals surface area contributed by atoms with Crippen LogP contribution in [0.1, 0.15) is 18.3 Å². The molecule has 0 unspecified atom stereocenters. The second-order valence-corrected chi connectivity index (χ2v) is 3.69. The Morgan fingerprint density at radius 3 is 2.88 bits per heavy atom. The zero-order chi connectivity index (χ0) is 11.2. The molecule has 1 fully saturated rings. The second kappa shape index (κ2) is 5.80. The van der Waals surface area contributed by atoms with E-state index in [1.54, 1.807) is 6.08 Å². The van der Waals surface area contributed by atoms with Crippen molar-refractivity contribution < 1.29 is 14.6 Å². The summed E-state index contributed by atoms with van der Waals surface area (Å²) in [6.45, 7) is 0.733. The third kappa shape index (κ3) is 2.92. The van der Waals surface area contributed by atoms with E-state index in [2.05, 4.69) is 0 Å². The molecule has 2 rings (SSSR count). The number of aliphatic hydroxyl groups excluding tert-OH is 1. The van der Waals surface area contributed by atoms with Gasteiger partial charge in [0.1, 0.15) is 0 Å². The van der Waals surface area contributed by atoms with Crippen LogP contribution in [0.5, 0.6) is 0 Å². The molecule has 1 heterocycles. The summed E-state index contributed by atoms with van der Waals surface area (Å²) in [7, 11) is 0. The zero-order valence-corrected chi connectivity index (χ0v) is 9.08. The van der Waals surface area contributed by atoms with Crippen molar-refractivity contribution in [1.29, 1.82) is 0 Å². The monoisotopic (exact) mass is 220 g/mol. The zero-order valence-electron chi connectivity index (χ0n) is 9.08. The quantitative estimate of drug-likeness (QED) is 0.792. The maximum absolute atomic E-state index is 8.71. The fourth-order valence-corrected chi connectivity index (χ4v) is 1.70. The van der Waals surface area contributed by atoms with Gasteiger partial charge in [0.05, 0.1) is 19.3 Å². The van der Waals surface area contributed by atoms with Crippen LogP contribution in [0.15, 0.2) is 42.5 Å². The molecule has 2 atom stereocenters. The van der Waals surface area contributed by atoms with Crippen LogP contribution in [0.4, 0.5) is 0 Å². The lowest BCUT2D eigenvalue weighted by Gasteiger charge is -2.28. The van der Waals surface area contributed by atoms with Crippen molar-refractivity contribution in [3.63, 3.8) is 0 Å². The summed E-state index contributed by atoms with van der Waals surface area (Å²) < 4.78 is 11.3. The summed E-state index contributed by atoms with van der Waals surface area (Å²) in [4.78, 5) is 0. The minimum absolute atomic E-state index is 0.0334. The first-order chi connectivity index (χ1) is 7.90. The van der Waals surface area contributed by atoms with E-state index in [4.69, 9.17) is 14.6 Å². The maximum Gasteiger partial charge on any atom is 0.184 e. The second-order valence-electron chi connectivity index (χ2n) is 3.69. The molecule has 0 saturated carbocycles. The highest BCUT2D eigenvalue weighted by molar-refractivity contribution is 5.16. The van der Waals surface area contributed by atoms with Gasteiger partial charge in [0, 0.05) is 12.0 Å². The van der Waals surface area contributed by atoms with E-state index in [9.17, 15) is 0 Å². The third-order valence-electron chi connectivity index (χ3n) is 2.50. The van der Waals surface area contributed by atoms with Crippen molar-refractivity contribution in [2.45, 2.75) is 18.8 Å². The number of ether oxygens (including phenoxy) is 2. The van der Waals surface area contributed by atoms with Gasteiger partial charge in [0.25, 0.3) is 0 Å². The molecule has 3 nitrogen and oxygen atoms in total. The Morgan fingerprint density at radius 1 is 1.31 bits per heavy atom. The van der Waals surface area contributed by atoms with Gasteiger partial charge in [0.15, 0.2) is 6.29 Å². The summed E-state index contributed by atoms with van der Waals surface area (Å²) in [6, 6.07) is 9.88. The van der Waals surface area contributed by atoms with Crippen LogP contribution in [0.3, 0.4) is 0 Å². The standard InChI is InChI=1S/C13H16O3/c14-9-4-7-12-8-10-15-13(16-12)11-5-2-1-3-6-11/h1-7,12-14H,8-10H2/b7-4+/t12-,13+/m1/s1. The maximum atomic E-state index is 8.71. The predicted molar refractivity (Wildman–Crippen MR) is 60.9 cm³/mol. The molecule has 1 aromatic rings. The first kappa shape index (κ1) is 11.3. The number of hydrogen-bond acceptors (Lipinski definition) is 3. The summed E-state index contributed by atoms with van der Waals surface area (Å²) in [6.07, 6.45) is 4.17. The Bertz CT molecular complexity index is 334. The minimum atomic E-state index is -0.289. The van der Waals surface area contributed by atoms with Gasteiger partial charge < -0.3 is 14.6 Å². The molecule has 0 amide bonds. The van der Waals surface area contributed by atoms with E-state index in [0.717, 1.165) is 12.0 Å². The van der Waals surface area contributed by atoms with Crippen molar-refractivity contribution in [1.82, 2.24) is 0 Å². The Balaban J connectivity index is 1.99. The van der Waals surface area contributed by atoms with Crippen LogP contribution >= 0.6 is 0 Å². The molecule has 1 saturated heterocycles. The Morgan fingerprint density at radius 2 is 2.12 bits per heavy atom. The highest BCUT2D eigenvalue weighted by Gasteiger charge is 2.22. The summed E-state index contributed by atoms with van der Waals surface area (Å²) in [5, 5.41) is 8.71. The van der Waals surface area contributed by atoms with E-state index in [-0.39, 0.29) is 19.0 Å². The van der Waals surface area contributed by atoms with Crippen molar-refractivity contribution >= 4 is 0 Å². The highest BCUT2D eigenvalue weighted by Crippen LogP contribution is 2.26. The van der Waals surface area contributed by atoms with Crippen molar-refractivity contribution in [2.75, 3.05) is 13.2 Å². The van der Waals surface area contributed by atoms with Gasteiger partial charge >= 0.3 is 0 Å². The van der Waals surface area contributed by atoms with Gasteiger partial charge in [0.2, 0.25) is 0 Å². The van der Waals surface area contributed by atoms with Gasteiger partial charge in [-0.3, -0.25) is 0 Å². The van der Waals surface area contributed by atoms with Gasteiger partial charge in [-0.15, -0.1) is 0 Å². The highest BCUT2D eigenvalue weighted by atomic mass is 16.7. The molecular weight excluding hydrogens is 204 g/mol. The molecule has 0 bridgehead atoms. The molecule has 1 aliphatic heterocycles. The topological polar surface area (TPSA) is 38.7 Å². The molecule has 1 N–H and O–H groups in total. The molecule has 0 aromatic heterocycles. The molecule has 3 heteroatoms. The van der Waals surface area contributed by atoms with Crippen LogP contribution < -0.4 is 0 Å². The summed E-state index contributed by atoms with van der Waals surface area (Å²) in [5.41, 5.74) is 1.03. The Labute approximate surface area is 95.3 Å². The van der Waals surface area contributed by atoms with E-state index < -0.39 is 0 Å². The minimum Gasteiger partial charge on any atom is -0.392 e. The van der Waals surface area contributed by atoms with Gasteiger partial charge in [-0.25, -0.2) is 0 Å². The lowest BCUT2D eigenvalue weighted by molar-refractivity contribution is -0.204. The Kier molecular flexibility index (Phi) is 4.10. The molecule has 0 spiro atoms. The average Bonchev–Trinajstić information content (AvgIpc) is 2.38. The number of hydrogen-bond donors (Lipinski definition) is 1. The largest absolute Gasteiger partial charge is 0.392 e. The number of rotatable bonds is 3. The van der Waals surface area contributed by atoms with E-state index in [1.807, 2.05) is 36.4 Å². The molecule has 0 aliphatic carbocycles. The number of aliphatic hydroxyl groups is 1. The first-order valence-electron chi connectivity index (χ1n) is 5.49. The van der Waals surface area contributed by atoms with Crippen LogP contribution in [-0.4, -0.2) is 24.4 Å². The van der Waals surface area contributed by atoms with Crippen LogP contribution in [0, 0.1) is 0 Å². The van der Waals surface area contributed by atoms with Crippen molar-refractivity contribution in [2.24, 2.45) is 0 Å². The molecular formula is C13H16O3. The SMILES string of the molecule is OC/C=C/[C@@H]1CCO[C@H](c2ccccc2)O1. The van der Waals surface area contributed by atoms with Crippen molar-refractivity contribution in [3.05, 3.63) is 48.0 Å². The fraction of sp³-hybridized carbons (Fsp3) is 0.385. The van der Waals surface area contributed by atoms with Crippen LogP contribution in [0.25, 0.3) is 0 Å². The van der Waals surface area contributed by atoms with Crippen LogP contribution in [0.2, 0.25) is 0 Å². The smallest absolute Gasteiger partial charge is 0.184 e. The lowest BCUT2D eigenvalue weighted by atomic mass is 10.1. The molecule has 1 aliphatic rings. The molecule has 1 aromatic carbocycles. The van der Waals surface area contributed by atoms with E-state index in [0.29, 0.717) is 6.61 Å². The van der Waals surface area contributed by atoms with Gasteiger partial charge in [-0.2, -0.15) is 0 Å². The Hall–Kier alpha value is -1.16. The van der Waals surface area contributed by atoms with E-state index in [1.165, 1.54) is 0 Å². The number of benzene rings is 1.